The van der Waals surface area contributed by atoms with Crippen LogP contribution in [0.1, 0.15) is 11.3 Å². The normalized spacial score (nSPS) is 10.3. The van der Waals surface area contributed by atoms with Gasteiger partial charge in [0.1, 0.15) is 0 Å². The summed E-state index contributed by atoms with van der Waals surface area (Å²) in [5.41, 5.74) is 3.29. The average molecular weight is 356 g/mol. The van der Waals surface area contributed by atoms with Crippen LogP contribution in [-0.4, -0.2) is 4.98 Å². The van der Waals surface area contributed by atoms with Gasteiger partial charge in [-0.1, -0.05) is 22.0 Å². The van der Waals surface area contributed by atoms with Gasteiger partial charge in [-0.3, -0.25) is 4.98 Å². The highest BCUT2D eigenvalue weighted by Gasteiger charge is 2.00. The fourth-order valence-electron chi connectivity index (χ4n) is 1.43. The molecule has 0 aliphatic rings. The lowest BCUT2D eigenvalue weighted by molar-refractivity contribution is 1.08. The summed E-state index contributed by atoms with van der Waals surface area (Å²) < 4.78 is 2.11. The lowest BCUT2D eigenvalue weighted by atomic mass is 10.2. The van der Waals surface area contributed by atoms with Crippen molar-refractivity contribution in [3.05, 3.63) is 56.7 Å². The largest absolute Gasteiger partial charge is 0.380 e. The van der Waals surface area contributed by atoms with Crippen molar-refractivity contribution in [2.45, 2.75) is 13.5 Å². The van der Waals surface area contributed by atoms with Gasteiger partial charge in [-0.2, -0.15) is 0 Å². The fourth-order valence-corrected chi connectivity index (χ4v) is 2.62. The summed E-state index contributed by atoms with van der Waals surface area (Å²) in [4.78, 5) is 4.27. The molecule has 1 heterocycles. The van der Waals surface area contributed by atoms with Gasteiger partial charge in [0.05, 0.1) is 0 Å². The van der Waals surface area contributed by atoms with E-state index in [0.717, 1.165) is 26.9 Å². The van der Waals surface area contributed by atoms with Crippen molar-refractivity contribution in [3.8, 4) is 0 Å². The second-order valence-corrected chi connectivity index (χ2v) is 5.56. The van der Waals surface area contributed by atoms with Crippen LogP contribution in [0.2, 0.25) is 0 Å². The molecule has 88 valence electrons. The third kappa shape index (κ3) is 3.54. The number of hydrogen-bond donors (Lipinski definition) is 1. The smallest absolute Gasteiger partial charge is 0.0488 e. The molecule has 0 fully saturated rings. The van der Waals surface area contributed by atoms with Gasteiger partial charge < -0.3 is 5.32 Å². The lowest BCUT2D eigenvalue weighted by Crippen LogP contribution is -2.00. The maximum atomic E-state index is 4.27. The Labute approximate surface area is 118 Å². The van der Waals surface area contributed by atoms with Gasteiger partial charge in [-0.05, 0) is 52.7 Å². The zero-order valence-corrected chi connectivity index (χ0v) is 12.5. The van der Waals surface area contributed by atoms with E-state index in [4.69, 9.17) is 0 Å². The molecule has 2 rings (SSSR count). The van der Waals surface area contributed by atoms with E-state index in [-0.39, 0.29) is 0 Å². The van der Waals surface area contributed by atoms with Crippen molar-refractivity contribution in [2.24, 2.45) is 0 Å². The predicted octanol–water partition coefficient (Wildman–Crippen LogP) is 4.53. The molecule has 0 aliphatic carbocycles. The van der Waals surface area contributed by atoms with Crippen molar-refractivity contribution >= 4 is 37.5 Å². The zero-order chi connectivity index (χ0) is 12.3. The Kier molecular flexibility index (Phi) is 4.18. The second-order valence-electron chi connectivity index (χ2n) is 3.79. The summed E-state index contributed by atoms with van der Waals surface area (Å²) in [5, 5.41) is 3.37. The number of halogens is 2. The number of benzene rings is 1. The Morgan fingerprint density at radius 2 is 2.00 bits per heavy atom. The second kappa shape index (κ2) is 5.65. The molecule has 1 N–H and O–H groups in total. The summed E-state index contributed by atoms with van der Waals surface area (Å²) in [6.07, 6.45) is 1.90. The first kappa shape index (κ1) is 12.6. The van der Waals surface area contributed by atoms with Crippen LogP contribution in [0.25, 0.3) is 0 Å². The molecule has 0 aliphatic heterocycles. The minimum atomic E-state index is 0.771. The lowest BCUT2D eigenvalue weighted by Gasteiger charge is -2.08. The maximum Gasteiger partial charge on any atom is 0.0488 e. The molecule has 1 aromatic heterocycles. The van der Waals surface area contributed by atoms with E-state index in [0.29, 0.717) is 0 Å². The van der Waals surface area contributed by atoms with Crippen LogP contribution >= 0.6 is 31.9 Å². The molecule has 0 radical (unpaired) electrons. The number of nitrogens with zero attached hydrogens (tertiary/aromatic N) is 1. The summed E-state index contributed by atoms with van der Waals surface area (Å²) in [6, 6.07) is 10.2. The standard InChI is InChI=1S/C13H12Br2N2/c1-9-2-3-10(7-16-9)8-17-13-5-4-11(14)6-12(13)15/h2-7,17H,8H2,1H3. The maximum absolute atomic E-state index is 4.27. The van der Waals surface area contributed by atoms with E-state index in [9.17, 15) is 0 Å². The Morgan fingerprint density at radius 3 is 2.65 bits per heavy atom. The molecule has 1 aromatic carbocycles. The Hall–Kier alpha value is -0.870. The van der Waals surface area contributed by atoms with E-state index in [2.05, 4.69) is 48.2 Å². The summed E-state index contributed by atoms with van der Waals surface area (Å²) in [5.74, 6) is 0. The molecule has 4 heteroatoms. The number of nitrogens with one attached hydrogen (secondary N) is 1. The third-order valence-electron chi connectivity index (χ3n) is 2.39. The Bertz CT molecular complexity index is 509. The molecule has 17 heavy (non-hydrogen) atoms. The zero-order valence-electron chi connectivity index (χ0n) is 9.37. The van der Waals surface area contributed by atoms with Crippen LogP contribution in [0.4, 0.5) is 5.69 Å². The topological polar surface area (TPSA) is 24.9 Å². The van der Waals surface area contributed by atoms with Gasteiger partial charge >= 0.3 is 0 Å². The number of aromatic nitrogens is 1. The minimum absolute atomic E-state index is 0.771. The van der Waals surface area contributed by atoms with Crippen molar-refractivity contribution in [2.75, 3.05) is 5.32 Å². The van der Waals surface area contributed by atoms with Gasteiger partial charge in [0, 0.05) is 33.1 Å². The molecular weight excluding hydrogens is 344 g/mol. The molecule has 0 bridgehead atoms. The molecule has 0 saturated carbocycles. The quantitative estimate of drug-likeness (QED) is 0.875. The first-order valence-corrected chi connectivity index (χ1v) is 6.84. The molecule has 2 aromatic rings. The molecular formula is C13H12Br2N2. The van der Waals surface area contributed by atoms with Crippen LogP contribution in [0.5, 0.6) is 0 Å². The van der Waals surface area contributed by atoms with Crippen LogP contribution in [0.15, 0.2) is 45.5 Å². The molecule has 2 nitrogen and oxygen atoms in total. The number of anilines is 1. The van der Waals surface area contributed by atoms with E-state index in [1.807, 2.05) is 37.4 Å². The number of rotatable bonds is 3. The van der Waals surface area contributed by atoms with E-state index >= 15 is 0 Å². The Morgan fingerprint density at radius 1 is 1.18 bits per heavy atom. The molecule has 0 unspecified atom stereocenters. The molecule has 0 amide bonds. The monoisotopic (exact) mass is 354 g/mol. The van der Waals surface area contributed by atoms with E-state index in [1.165, 1.54) is 5.56 Å². The average Bonchev–Trinajstić information content (AvgIpc) is 2.30. The number of hydrogen-bond acceptors (Lipinski definition) is 2. The first-order valence-electron chi connectivity index (χ1n) is 5.25. The van der Waals surface area contributed by atoms with Crippen LogP contribution in [-0.2, 0) is 6.54 Å². The number of pyridine rings is 1. The Balaban J connectivity index is 2.04. The summed E-state index contributed by atoms with van der Waals surface area (Å²) in [6.45, 7) is 2.76. The van der Waals surface area contributed by atoms with Crippen molar-refractivity contribution in [1.29, 1.82) is 0 Å². The SMILES string of the molecule is Cc1ccc(CNc2ccc(Br)cc2Br)cn1. The highest BCUT2D eigenvalue weighted by molar-refractivity contribution is 9.11. The van der Waals surface area contributed by atoms with Crippen LogP contribution < -0.4 is 5.32 Å². The third-order valence-corrected chi connectivity index (χ3v) is 3.54. The summed E-state index contributed by atoms with van der Waals surface area (Å²) in [7, 11) is 0. The van der Waals surface area contributed by atoms with E-state index in [1.54, 1.807) is 0 Å². The predicted molar refractivity (Wildman–Crippen MR) is 78.1 cm³/mol. The van der Waals surface area contributed by atoms with Crippen molar-refractivity contribution in [3.63, 3.8) is 0 Å². The first-order chi connectivity index (χ1) is 8.15. The van der Waals surface area contributed by atoms with E-state index < -0.39 is 0 Å². The van der Waals surface area contributed by atoms with Gasteiger partial charge in [0.2, 0.25) is 0 Å². The number of aryl methyl sites for hydroxylation is 1. The van der Waals surface area contributed by atoms with Crippen LogP contribution in [0, 0.1) is 6.92 Å². The van der Waals surface area contributed by atoms with Gasteiger partial charge in [-0.25, -0.2) is 0 Å². The van der Waals surface area contributed by atoms with Gasteiger partial charge in [0.15, 0.2) is 0 Å². The van der Waals surface area contributed by atoms with Crippen molar-refractivity contribution in [1.82, 2.24) is 4.98 Å². The fraction of sp³-hybridized carbons (Fsp3) is 0.154. The van der Waals surface area contributed by atoms with Gasteiger partial charge in [-0.15, -0.1) is 0 Å². The molecule has 0 atom stereocenters. The van der Waals surface area contributed by atoms with Gasteiger partial charge in [0.25, 0.3) is 0 Å². The summed E-state index contributed by atoms with van der Waals surface area (Å²) >= 11 is 6.96. The highest BCUT2D eigenvalue weighted by Crippen LogP contribution is 2.26. The van der Waals surface area contributed by atoms with Crippen molar-refractivity contribution < 1.29 is 0 Å². The highest BCUT2D eigenvalue weighted by atomic mass is 79.9. The minimum Gasteiger partial charge on any atom is -0.380 e. The molecule has 0 saturated heterocycles. The van der Waals surface area contributed by atoms with Crippen LogP contribution in [0.3, 0.4) is 0 Å². The molecule has 0 spiro atoms.